The maximum Gasteiger partial charge on any atom is 0.512 e. The summed E-state index contributed by atoms with van der Waals surface area (Å²) < 4.78 is 10.4. The Hall–Kier alpha value is -2.35. The number of benzene rings is 1. The fraction of sp³-hybridized carbons (Fsp3) is 0.333. The van der Waals surface area contributed by atoms with E-state index in [2.05, 4.69) is 4.74 Å². The summed E-state index contributed by atoms with van der Waals surface area (Å²) in [7, 11) is 0. The van der Waals surface area contributed by atoms with Crippen LogP contribution in [0.1, 0.15) is 23.3 Å². The summed E-state index contributed by atoms with van der Waals surface area (Å²) in [6.45, 7) is 0.114. The number of halogens is 1. The molecule has 0 amide bonds. The number of aryl methyl sites for hydroxylation is 1. The zero-order valence-corrected chi connectivity index (χ0v) is 17.1. The molecule has 0 bridgehead atoms. The average Bonchev–Trinajstić information content (AvgIpc) is 3.25. The van der Waals surface area contributed by atoms with Gasteiger partial charge in [-0.15, -0.1) is 11.3 Å². The van der Waals surface area contributed by atoms with Gasteiger partial charge in [0.1, 0.15) is 5.75 Å². The largest absolute Gasteiger partial charge is 0.512 e. The van der Waals surface area contributed by atoms with Gasteiger partial charge in [0, 0.05) is 9.90 Å². The molecule has 1 aliphatic carbocycles. The molecule has 0 fully saturated rings. The van der Waals surface area contributed by atoms with E-state index in [9.17, 15) is 14.7 Å². The fourth-order valence-electron chi connectivity index (χ4n) is 3.32. The van der Waals surface area contributed by atoms with Gasteiger partial charge < -0.3 is 19.7 Å². The molecule has 6 nitrogen and oxygen atoms in total. The van der Waals surface area contributed by atoms with E-state index in [4.69, 9.17) is 21.4 Å². The van der Waals surface area contributed by atoms with Gasteiger partial charge in [-0.25, -0.2) is 4.79 Å². The minimum absolute atomic E-state index is 0.0488. The van der Waals surface area contributed by atoms with Crippen LogP contribution >= 0.6 is 22.9 Å². The second kappa shape index (κ2) is 9.91. The van der Waals surface area contributed by atoms with Crippen LogP contribution in [-0.2, 0) is 17.8 Å². The lowest BCUT2D eigenvalue weighted by atomic mass is 9.90. The first-order valence-electron chi connectivity index (χ1n) is 9.19. The Labute approximate surface area is 177 Å². The van der Waals surface area contributed by atoms with Gasteiger partial charge in [0.15, 0.2) is 10.8 Å². The van der Waals surface area contributed by atoms with E-state index in [-0.39, 0.29) is 30.8 Å². The molecule has 2 N–H and O–H groups in total. The van der Waals surface area contributed by atoms with E-state index in [1.54, 1.807) is 30.3 Å². The topological polar surface area (TPSA) is 93.1 Å². The fourth-order valence-corrected chi connectivity index (χ4v) is 4.45. The number of ether oxygens (including phenoxy) is 2. The first kappa shape index (κ1) is 21.4. The van der Waals surface area contributed by atoms with Crippen molar-refractivity contribution in [1.82, 2.24) is 0 Å². The lowest BCUT2D eigenvalue weighted by Gasteiger charge is -2.19. The van der Waals surface area contributed by atoms with E-state index >= 15 is 0 Å². The molecule has 8 heteroatoms. The number of thiophene rings is 1. The Morgan fingerprint density at radius 3 is 2.83 bits per heavy atom. The second-order valence-electron chi connectivity index (χ2n) is 6.78. The molecule has 0 spiro atoms. The van der Waals surface area contributed by atoms with Crippen LogP contribution in [0, 0.1) is 11.8 Å². The Kier molecular flexibility index (Phi) is 7.30. The number of aliphatic hydroxyl groups is 1. The first-order chi connectivity index (χ1) is 13.9. The van der Waals surface area contributed by atoms with Gasteiger partial charge in [0.2, 0.25) is 0 Å². The molecular formula is C21H21ClO6S. The molecule has 29 heavy (non-hydrogen) atoms. The van der Waals surface area contributed by atoms with Crippen LogP contribution in [0.2, 0.25) is 5.02 Å². The van der Waals surface area contributed by atoms with E-state index in [1.165, 1.54) is 11.3 Å². The molecule has 2 atom stereocenters. The highest BCUT2D eigenvalue weighted by molar-refractivity contribution is 7.13. The molecule has 154 valence electrons. The van der Waals surface area contributed by atoms with E-state index in [0.29, 0.717) is 21.4 Å². The average molecular weight is 437 g/mol. The number of carbonyl (C=O) groups excluding carboxylic acids is 1. The predicted octanol–water partition coefficient (Wildman–Crippen LogP) is 4.72. The number of carboxylic acid groups (broad SMARTS) is 1. The molecule has 0 radical (unpaired) electrons. The Balaban J connectivity index is 1.51. The number of ketones is 1. The number of aliphatic hydroxyl groups excluding tert-OH is 1. The lowest BCUT2D eigenvalue weighted by Crippen LogP contribution is -2.23. The van der Waals surface area contributed by atoms with Gasteiger partial charge in [-0.3, -0.25) is 4.79 Å². The summed E-state index contributed by atoms with van der Waals surface area (Å²) in [6.07, 6.45) is 4.69. The van der Waals surface area contributed by atoms with Gasteiger partial charge in [-0.2, -0.15) is 0 Å². The van der Waals surface area contributed by atoms with Gasteiger partial charge in [0.05, 0.1) is 19.1 Å². The van der Waals surface area contributed by atoms with Crippen molar-refractivity contribution >= 4 is 34.9 Å². The van der Waals surface area contributed by atoms with Crippen LogP contribution in [0.5, 0.6) is 10.8 Å². The zero-order chi connectivity index (χ0) is 20.8. The smallest absolute Gasteiger partial charge is 0.493 e. The van der Waals surface area contributed by atoms with Crippen molar-refractivity contribution in [2.75, 3.05) is 6.61 Å². The van der Waals surface area contributed by atoms with Crippen molar-refractivity contribution in [2.24, 2.45) is 11.8 Å². The third kappa shape index (κ3) is 6.06. The van der Waals surface area contributed by atoms with Crippen molar-refractivity contribution in [3.63, 3.8) is 0 Å². The predicted molar refractivity (Wildman–Crippen MR) is 110 cm³/mol. The summed E-state index contributed by atoms with van der Waals surface area (Å²) in [6, 6.07) is 8.54. The highest BCUT2D eigenvalue weighted by Gasteiger charge is 2.30. The maximum absolute atomic E-state index is 12.2. The maximum atomic E-state index is 12.2. The van der Waals surface area contributed by atoms with Gasteiger partial charge in [-0.05, 0) is 67.2 Å². The molecule has 0 saturated heterocycles. The number of allylic oxidation sites excluding steroid dienone is 2. The van der Waals surface area contributed by atoms with Crippen molar-refractivity contribution in [2.45, 2.75) is 25.9 Å². The highest BCUT2D eigenvalue weighted by atomic mass is 35.5. The molecular weight excluding hydrogens is 416 g/mol. The molecule has 3 rings (SSSR count). The van der Waals surface area contributed by atoms with Crippen LogP contribution in [0.3, 0.4) is 0 Å². The van der Waals surface area contributed by atoms with Crippen LogP contribution in [0.4, 0.5) is 4.79 Å². The summed E-state index contributed by atoms with van der Waals surface area (Å²) >= 11 is 7.34. The van der Waals surface area contributed by atoms with Gasteiger partial charge in [0.25, 0.3) is 0 Å². The number of hydrogen-bond acceptors (Lipinski definition) is 6. The SMILES string of the molecule is O=C(O)Oc1ccc(CCC[C@H]2C=CC(=O)[C@@H]2COc2cc(Cl)cc(CO)c2)s1. The Morgan fingerprint density at radius 2 is 2.07 bits per heavy atom. The second-order valence-corrected chi connectivity index (χ2v) is 8.34. The standard InChI is InChI=1S/C21H21ClO6S/c22-15-8-13(11-23)9-16(10-15)27-12-18-14(4-6-19(18)24)2-1-3-17-5-7-20(29-17)28-21(25)26/h4-10,14,18,23H,1-3,11-12H2,(H,25,26)/t14-,18+/m0/s1. The molecule has 1 heterocycles. The molecule has 1 aromatic heterocycles. The van der Waals surface area contributed by atoms with Crippen molar-refractivity contribution in [1.29, 1.82) is 0 Å². The van der Waals surface area contributed by atoms with Crippen LogP contribution < -0.4 is 9.47 Å². The minimum Gasteiger partial charge on any atom is -0.493 e. The van der Waals surface area contributed by atoms with Crippen LogP contribution in [-0.4, -0.2) is 28.8 Å². The van der Waals surface area contributed by atoms with Crippen molar-refractivity contribution < 1.29 is 29.3 Å². The molecule has 2 aromatic rings. The van der Waals surface area contributed by atoms with E-state index < -0.39 is 6.16 Å². The third-order valence-corrected chi connectivity index (χ3v) is 5.96. The van der Waals surface area contributed by atoms with Crippen molar-refractivity contribution in [3.05, 3.63) is 57.9 Å². The monoisotopic (exact) mass is 436 g/mol. The summed E-state index contributed by atoms with van der Waals surface area (Å²) in [5.41, 5.74) is 0.655. The third-order valence-electron chi connectivity index (χ3n) is 4.72. The lowest BCUT2D eigenvalue weighted by molar-refractivity contribution is -0.119. The molecule has 0 saturated carbocycles. The van der Waals surface area contributed by atoms with Gasteiger partial charge >= 0.3 is 6.16 Å². The molecule has 0 aliphatic heterocycles. The van der Waals surface area contributed by atoms with Crippen molar-refractivity contribution in [3.8, 4) is 10.8 Å². The Morgan fingerprint density at radius 1 is 1.24 bits per heavy atom. The minimum atomic E-state index is -1.32. The summed E-state index contributed by atoms with van der Waals surface area (Å²) in [5.74, 6) is 0.423. The number of carbonyl (C=O) groups is 2. The highest BCUT2D eigenvalue weighted by Crippen LogP contribution is 2.31. The first-order valence-corrected chi connectivity index (χ1v) is 10.4. The number of rotatable bonds is 9. The Bertz CT molecular complexity index is 906. The van der Waals surface area contributed by atoms with Gasteiger partial charge in [-0.1, -0.05) is 17.7 Å². The summed E-state index contributed by atoms with van der Waals surface area (Å²) in [4.78, 5) is 23.8. The van der Waals surface area contributed by atoms with Crippen LogP contribution in [0.15, 0.2) is 42.5 Å². The number of hydrogen-bond donors (Lipinski definition) is 2. The summed E-state index contributed by atoms with van der Waals surface area (Å²) in [5, 5.41) is 18.7. The van der Waals surface area contributed by atoms with Crippen LogP contribution in [0.25, 0.3) is 0 Å². The normalized spacial score (nSPS) is 18.2. The quantitative estimate of drug-likeness (QED) is 0.552. The molecule has 1 aromatic carbocycles. The van der Waals surface area contributed by atoms with E-state index in [1.807, 2.05) is 12.1 Å². The molecule has 0 unspecified atom stereocenters. The zero-order valence-electron chi connectivity index (χ0n) is 15.5. The molecule has 1 aliphatic rings. The van der Waals surface area contributed by atoms with E-state index in [0.717, 1.165) is 24.1 Å².